The average Bonchev–Trinajstić information content (AvgIpc) is 2.68. The Labute approximate surface area is 164 Å². The molecule has 2 rings (SSSR count). The Morgan fingerprint density at radius 1 is 1.15 bits per heavy atom. The van der Waals surface area contributed by atoms with Crippen molar-refractivity contribution in [1.82, 2.24) is 15.5 Å². The number of hydrogen-bond acceptors (Lipinski definition) is 4. The van der Waals surface area contributed by atoms with E-state index in [9.17, 15) is 0 Å². The van der Waals surface area contributed by atoms with Crippen LogP contribution in [0.15, 0.2) is 29.3 Å². The van der Waals surface area contributed by atoms with Gasteiger partial charge in [0.25, 0.3) is 0 Å². The molecular formula is C21H36N4O2. The summed E-state index contributed by atoms with van der Waals surface area (Å²) in [5, 5.41) is 6.70. The smallest absolute Gasteiger partial charge is 0.191 e. The van der Waals surface area contributed by atoms with Crippen molar-refractivity contribution < 1.29 is 9.47 Å². The molecule has 0 spiro atoms. The molecule has 0 amide bonds. The lowest BCUT2D eigenvalue weighted by Gasteiger charge is -2.26. The summed E-state index contributed by atoms with van der Waals surface area (Å²) in [6, 6.07) is 8.81. The molecule has 0 unspecified atom stereocenters. The third-order valence-corrected chi connectivity index (χ3v) is 4.43. The van der Waals surface area contributed by atoms with Crippen LogP contribution in [0.1, 0.15) is 31.4 Å². The molecule has 1 aromatic rings. The van der Waals surface area contributed by atoms with Crippen molar-refractivity contribution >= 4 is 5.96 Å². The first kappa shape index (κ1) is 21.7. The summed E-state index contributed by atoms with van der Waals surface area (Å²) in [4.78, 5) is 6.72. The molecule has 2 N–H and O–H groups in total. The summed E-state index contributed by atoms with van der Waals surface area (Å²) in [5.74, 6) is 1.42. The molecule has 0 saturated carbocycles. The van der Waals surface area contributed by atoms with Crippen molar-refractivity contribution in [3.63, 3.8) is 0 Å². The Balaban J connectivity index is 1.63. The van der Waals surface area contributed by atoms with Gasteiger partial charge in [0, 0.05) is 53.0 Å². The van der Waals surface area contributed by atoms with Gasteiger partial charge in [0.15, 0.2) is 5.96 Å². The monoisotopic (exact) mass is 376 g/mol. The van der Waals surface area contributed by atoms with Gasteiger partial charge in [0.1, 0.15) is 0 Å². The molecular weight excluding hydrogens is 340 g/mol. The Morgan fingerprint density at radius 3 is 2.52 bits per heavy atom. The number of guanidine groups is 1. The number of nitrogens with zero attached hydrogens (tertiary/aromatic N) is 2. The fraction of sp³-hybridized carbons (Fsp3) is 0.667. The number of benzene rings is 1. The zero-order chi connectivity index (χ0) is 19.3. The highest BCUT2D eigenvalue weighted by molar-refractivity contribution is 5.79. The van der Waals surface area contributed by atoms with E-state index in [0.29, 0.717) is 5.92 Å². The minimum absolute atomic E-state index is 0.590. The molecule has 1 fully saturated rings. The predicted molar refractivity (Wildman–Crippen MR) is 111 cm³/mol. The van der Waals surface area contributed by atoms with Crippen molar-refractivity contribution in [3.8, 4) is 0 Å². The van der Waals surface area contributed by atoms with Crippen molar-refractivity contribution in [2.24, 2.45) is 10.9 Å². The van der Waals surface area contributed by atoms with Crippen LogP contribution in [-0.4, -0.2) is 64.0 Å². The maximum Gasteiger partial charge on any atom is 0.191 e. The van der Waals surface area contributed by atoms with E-state index in [-0.39, 0.29) is 0 Å². The number of nitrogens with one attached hydrogen (secondary N) is 2. The van der Waals surface area contributed by atoms with E-state index >= 15 is 0 Å². The molecule has 1 aliphatic rings. The Kier molecular flexibility index (Phi) is 10.2. The Morgan fingerprint density at radius 2 is 1.85 bits per heavy atom. The minimum Gasteiger partial charge on any atom is -0.381 e. The minimum atomic E-state index is 0.590. The Bertz CT molecular complexity index is 540. The van der Waals surface area contributed by atoms with Crippen LogP contribution in [0.4, 0.5) is 0 Å². The van der Waals surface area contributed by atoms with Gasteiger partial charge in [0.2, 0.25) is 0 Å². The van der Waals surface area contributed by atoms with Gasteiger partial charge in [-0.2, -0.15) is 0 Å². The van der Waals surface area contributed by atoms with Gasteiger partial charge < -0.3 is 20.1 Å². The number of rotatable bonds is 10. The first-order valence-corrected chi connectivity index (χ1v) is 10.1. The molecule has 6 heteroatoms. The van der Waals surface area contributed by atoms with Crippen LogP contribution >= 0.6 is 0 Å². The van der Waals surface area contributed by atoms with E-state index in [2.05, 4.69) is 58.6 Å². The third kappa shape index (κ3) is 9.22. The summed E-state index contributed by atoms with van der Waals surface area (Å²) in [7, 11) is 1.80. The van der Waals surface area contributed by atoms with Gasteiger partial charge in [-0.05, 0) is 23.5 Å². The van der Waals surface area contributed by atoms with Gasteiger partial charge in [-0.3, -0.25) is 9.89 Å². The SMILES string of the molecule is CN=C(NCCCOCC(C)C)NCc1ccc(CN2CCOCC2)cc1. The van der Waals surface area contributed by atoms with Gasteiger partial charge in [-0.25, -0.2) is 0 Å². The summed E-state index contributed by atoms with van der Waals surface area (Å²) in [6.07, 6.45) is 0.976. The van der Waals surface area contributed by atoms with Crippen molar-refractivity contribution in [3.05, 3.63) is 35.4 Å². The van der Waals surface area contributed by atoms with E-state index < -0.39 is 0 Å². The number of ether oxygens (including phenoxy) is 2. The molecule has 1 heterocycles. The molecule has 152 valence electrons. The van der Waals surface area contributed by atoms with E-state index in [1.807, 2.05) is 0 Å². The Hall–Kier alpha value is -1.63. The molecule has 0 aliphatic carbocycles. The van der Waals surface area contributed by atoms with E-state index in [1.54, 1.807) is 7.05 Å². The van der Waals surface area contributed by atoms with Crippen molar-refractivity contribution in [2.75, 3.05) is 53.1 Å². The fourth-order valence-electron chi connectivity index (χ4n) is 2.89. The summed E-state index contributed by atoms with van der Waals surface area (Å²) >= 11 is 0. The second-order valence-corrected chi connectivity index (χ2v) is 7.38. The molecule has 1 aliphatic heterocycles. The lowest BCUT2D eigenvalue weighted by molar-refractivity contribution is 0.0342. The molecule has 27 heavy (non-hydrogen) atoms. The van der Waals surface area contributed by atoms with Gasteiger partial charge in [-0.1, -0.05) is 38.1 Å². The van der Waals surface area contributed by atoms with Crippen LogP contribution in [-0.2, 0) is 22.6 Å². The molecule has 6 nitrogen and oxygen atoms in total. The van der Waals surface area contributed by atoms with Gasteiger partial charge in [0.05, 0.1) is 13.2 Å². The van der Waals surface area contributed by atoms with Crippen molar-refractivity contribution in [2.45, 2.75) is 33.4 Å². The molecule has 1 aromatic carbocycles. The van der Waals surface area contributed by atoms with Gasteiger partial charge in [-0.15, -0.1) is 0 Å². The second kappa shape index (κ2) is 12.7. The van der Waals surface area contributed by atoms with Crippen LogP contribution in [0, 0.1) is 5.92 Å². The lowest BCUT2D eigenvalue weighted by Crippen LogP contribution is -2.37. The highest BCUT2D eigenvalue weighted by atomic mass is 16.5. The molecule has 0 bridgehead atoms. The summed E-state index contributed by atoms with van der Waals surface area (Å²) in [5.41, 5.74) is 2.61. The van der Waals surface area contributed by atoms with Crippen LogP contribution in [0.25, 0.3) is 0 Å². The van der Waals surface area contributed by atoms with E-state index in [4.69, 9.17) is 9.47 Å². The van der Waals surface area contributed by atoms with Crippen LogP contribution < -0.4 is 10.6 Å². The highest BCUT2D eigenvalue weighted by Gasteiger charge is 2.10. The fourth-order valence-corrected chi connectivity index (χ4v) is 2.89. The highest BCUT2D eigenvalue weighted by Crippen LogP contribution is 2.09. The zero-order valence-electron chi connectivity index (χ0n) is 17.2. The van der Waals surface area contributed by atoms with Crippen LogP contribution in [0.3, 0.4) is 0 Å². The second-order valence-electron chi connectivity index (χ2n) is 7.38. The van der Waals surface area contributed by atoms with Crippen LogP contribution in [0.2, 0.25) is 0 Å². The molecule has 0 aromatic heterocycles. The summed E-state index contributed by atoms with van der Waals surface area (Å²) < 4.78 is 11.0. The largest absolute Gasteiger partial charge is 0.381 e. The predicted octanol–water partition coefficient (Wildman–Crippen LogP) is 2.25. The normalized spacial score (nSPS) is 15.9. The third-order valence-electron chi connectivity index (χ3n) is 4.43. The number of hydrogen-bond donors (Lipinski definition) is 2. The molecule has 0 atom stereocenters. The van der Waals surface area contributed by atoms with Crippen LogP contribution in [0.5, 0.6) is 0 Å². The van der Waals surface area contributed by atoms with E-state index in [1.165, 1.54) is 11.1 Å². The van der Waals surface area contributed by atoms with Gasteiger partial charge >= 0.3 is 0 Å². The topological polar surface area (TPSA) is 58.1 Å². The maximum absolute atomic E-state index is 5.59. The number of aliphatic imine (C=N–C) groups is 1. The average molecular weight is 377 g/mol. The quantitative estimate of drug-likeness (QED) is 0.373. The zero-order valence-corrected chi connectivity index (χ0v) is 17.2. The standard InChI is InChI=1S/C21H36N4O2/c1-18(2)17-27-12-4-9-23-21(22-3)24-15-19-5-7-20(8-6-19)16-25-10-13-26-14-11-25/h5-8,18H,4,9-17H2,1-3H3,(H2,22,23,24). The lowest BCUT2D eigenvalue weighted by atomic mass is 10.1. The first-order valence-electron chi connectivity index (χ1n) is 10.1. The number of morpholine rings is 1. The first-order chi connectivity index (χ1) is 13.2. The maximum atomic E-state index is 5.59. The van der Waals surface area contributed by atoms with E-state index in [0.717, 1.165) is 71.5 Å². The van der Waals surface area contributed by atoms with Crippen molar-refractivity contribution in [1.29, 1.82) is 0 Å². The molecule has 1 saturated heterocycles. The summed E-state index contributed by atoms with van der Waals surface area (Å²) in [6.45, 7) is 12.3. The molecule has 0 radical (unpaired) electrons.